The largest absolute Gasteiger partial charge is 0.292 e. The second kappa shape index (κ2) is 13.6. The number of para-hydroxylation sites is 2. The molecule has 0 N–H and O–H groups in total. The fourth-order valence-electron chi connectivity index (χ4n) is 8.23. The Hall–Kier alpha value is -7.55. The van der Waals surface area contributed by atoms with Crippen molar-refractivity contribution in [3.63, 3.8) is 0 Å². The predicted molar refractivity (Wildman–Crippen MR) is 241 cm³/mol. The number of benzene rings is 10. The van der Waals surface area contributed by atoms with Crippen LogP contribution in [0.3, 0.4) is 0 Å². The number of fused-ring (bicyclic) bond motifs is 4. The van der Waals surface area contributed by atoms with Crippen LogP contribution in [0.2, 0.25) is 0 Å². The van der Waals surface area contributed by atoms with E-state index >= 15 is 0 Å². The van der Waals surface area contributed by atoms with E-state index in [0.29, 0.717) is 16.7 Å². The van der Waals surface area contributed by atoms with E-state index in [0.717, 1.165) is 77.1 Å². The molecule has 0 radical (unpaired) electrons. The van der Waals surface area contributed by atoms with Crippen LogP contribution in [-0.4, -0.2) is 9.55 Å². The molecule has 10 aromatic carbocycles. The lowest BCUT2D eigenvalue weighted by Crippen LogP contribution is -1.99. The summed E-state index contributed by atoms with van der Waals surface area (Å²) in [5.41, 5.74) is 8.06. The normalized spacial score (nSPS) is 14.0. The standard InChI is InChI=1S/C55H36N2/c1-3-15-37(16-4-1)42-21-13-22-44(35-42)54-47-25-10-9-24-46(47)53(48-34-33-43(36-49(48)54)38-17-5-2-6-18-38)40-29-31-41(32-30-40)55-56-50-26-11-12-27-52(50)57(55)51-28-14-20-39-19-7-8-23-45(39)51/h1-36H/i1D,2D,3D,4D,5D,6D,15D,16D,17D,18D. The number of nitrogens with zero attached hydrogens (tertiary/aromatic N) is 2. The zero-order valence-corrected chi connectivity index (χ0v) is 30.4. The molecule has 2 heteroatoms. The lowest BCUT2D eigenvalue weighted by molar-refractivity contribution is 1.11. The Kier molecular flexibility index (Phi) is 5.76. The Morgan fingerprint density at radius 1 is 0.368 bits per heavy atom. The average Bonchev–Trinajstić information content (AvgIpc) is 3.75. The van der Waals surface area contributed by atoms with Crippen LogP contribution >= 0.6 is 0 Å². The Balaban J connectivity index is 1.16. The van der Waals surface area contributed by atoms with Crippen LogP contribution in [0.25, 0.3) is 105 Å². The molecule has 0 atom stereocenters. The molecular formula is C55H36N2. The Morgan fingerprint density at radius 3 is 1.67 bits per heavy atom. The quantitative estimate of drug-likeness (QED) is 0.156. The fourth-order valence-corrected chi connectivity index (χ4v) is 8.23. The van der Waals surface area contributed by atoms with Crippen LogP contribution in [0, 0.1) is 0 Å². The van der Waals surface area contributed by atoms with E-state index in [1.165, 1.54) is 0 Å². The SMILES string of the molecule is [2H]c1c([2H])c([2H])c(-c2cccc(-c3c4ccccc4c(-c4ccc(-c5nc6ccccc6n5-c5cccc6ccccc56)cc4)c4ccc(-c5c([2H])c([2H])c([2H])c([2H])c5[2H])cc34)c2)c([2H])c1[2H]. The summed E-state index contributed by atoms with van der Waals surface area (Å²) < 4.78 is 87.8. The predicted octanol–water partition coefficient (Wildman–Crippen LogP) is 14.8. The van der Waals surface area contributed by atoms with Gasteiger partial charge in [-0.15, -0.1) is 0 Å². The molecule has 0 aliphatic carbocycles. The molecule has 0 aliphatic rings. The van der Waals surface area contributed by atoms with Crippen molar-refractivity contribution in [3.8, 4) is 61.6 Å². The van der Waals surface area contributed by atoms with Gasteiger partial charge in [-0.2, -0.15) is 0 Å². The first-order valence-corrected chi connectivity index (χ1v) is 18.7. The van der Waals surface area contributed by atoms with Crippen molar-refractivity contribution in [2.45, 2.75) is 0 Å². The zero-order chi connectivity index (χ0) is 46.4. The maximum atomic E-state index is 8.90. The summed E-state index contributed by atoms with van der Waals surface area (Å²) in [7, 11) is 0. The summed E-state index contributed by atoms with van der Waals surface area (Å²) in [6.07, 6.45) is 0. The van der Waals surface area contributed by atoms with E-state index in [4.69, 9.17) is 18.7 Å². The first-order valence-electron chi connectivity index (χ1n) is 23.7. The highest BCUT2D eigenvalue weighted by Crippen LogP contribution is 2.46. The van der Waals surface area contributed by atoms with Gasteiger partial charge in [-0.25, -0.2) is 4.98 Å². The summed E-state index contributed by atoms with van der Waals surface area (Å²) in [5, 5.41) is 5.54. The fraction of sp³-hybridized carbons (Fsp3) is 0. The summed E-state index contributed by atoms with van der Waals surface area (Å²) in [5.74, 6) is 0.788. The molecule has 266 valence electrons. The molecule has 0 spiro atoms. The van der Waals surface area contributed by atoms with Crippen molar-refractivity contribution < 1.29 is 13.7 Å². The van der Waals surface area contributed by atoms with Gasteiger partial charge >= 0.3 is 0 Å². The van der Waals surface area contributed by atoms with E-state index in [1.54, 1.807) is 18.2 Å². The third-order valence-electron chi connectivity index (χ3n) is 10.8. The smallest absolute Gasteiger partial charge is 0.145 e. The number of hydrogen-bond donors (Lipinski definition) is 0. The highest BCUT2D eigenvalue weighted by atomic mass is 15.1. The van der Waals surface area contributed by atoms with Gasteiger partial charge in [0.25, 0.3) is 0 Å². The zero-order valence-electron chi connectivity index (χ0n) is 40.4. The van der Waals surface area contributed by atoms with E-state index in [2.05, 4.69) is 71.3 Å². The number of aromatic nitrogens is 2. The third kappa shape index (κ3) is 5.61. The number of hydrogen-bond acceptors (Lipinski definition) is 1. The number of imidazole rings is 1. The molecule has 2 nitrogen and oxygen atoms in total. The van der Waals surface area contributed by atoms with Crippen molar-refractivity contribution in [2.24, 2.45) is 0 Å². The Bertz CT molecular complexity index is 3820. The van der Waals surface area contributed by atoms with Crippen molar-refractivity contribution in [1.29, 1.82) is 0 Å². The van der Waals surface area contributed by atoms with Crippen molar-refractivity contribution in [3.05, 3.63) is 218 Å². The Morgan fingerprint density at radius 2 is 0.912 bits per heavy atom. The van der Waals surface area contributed by atoms with Gasteiger partial charge in [0, 0.05) is 10.9 Å². The van der Waals surface area contributed by atoms with Gasteiger partial charge < -0.3 is 0 Å². The third-order valence-corrected chi connectivity index (χ3v) is 10.8. The summed E-state index contributed by atoms with van der Waals surface area (Å²) in [4.78, 5) is 5.18. The van der Waals surface area contributed by atoms with E-state index in [9.17, 15) is 0 Å². The average molecular weight is 735 g/mol. The minimum Gasteiger partial charge on any atom is -0.292 e. The lowest BCUT2D eigenvalue weighted by Gasteiger charge is -2.19. The van der Waals surface area contributed by atoms with Crippen LogP contribution in [-0.2, 0) is 0 Å². The van der Waals surface area contributed by atoms with Gasteiger partial charge in [0.2, 0.25) is 0 Å². The molecule has 11 rings (SSSR count). The highest BCUT2D eigenvalue weighted by Gasteiger charge is 2.20. The van der Waals surface area contributed by atoms with Gasteiger partial charge in [-0.05, 0) is 102 Å². The summed E-state index contributed by atoms with van der Waals surface area (Å²) >= 11 is 0. The minimum absolute atomic E-state index is 0.0693. The van der Waals surface area contributed by atoms with E-state index in [-0.39, 0.29) is 35.3 Å². The van der Waals surface area contributed by atoms with Crippen molar-refractivity contribution in [2.75, 3.05) is 0 Å². The molecule has 1 heterocycles. The van der Waals surface area contributed by atoms with Crippen LogP contribution in [0.15, 0.2) is 218 Å². The van der Waals surface area contributed by atoms with Gasteiger partial charge in [-0.1, -0.05) is 188 Å². The molecule has 1 aromatic heterocycles. The monoisotopic (exact) mass is 734 g/mol. The van der Waals surface area contributed by atoms with Crippen LogP contribution < -0.4 is 0 Å². The second-order valence-corrected chi connectivity index (χ2v) is 14.0. The molecule has 0 unspecified atom stereocenters. The van der Waals surface area contributed by atoms with Crippen LogP contribution in [0.4, 0.5) is 0 Å². The minimum atomic E-state index is -0.478. The summed E-state index contributed by atoms with van der Waals surface area (Å²) in [6, 6.07) is 48.0. The molecule has 0 fully saturated rings. The Labute approximate surface area is 345 Å². The van der Waals surface area contributed by atoms with Gasteiger partial charge in [-0.3, -0.25) is 4.57 Å². The first kappa shape index (κ1) is 24.1. The van der Waals surface area contributed by atoms with E-state index < -0.39 is 36.3 Å². The maximum Gasteiger partial charge on any atom is 0.145 e. The van der Waals surface area contributed by atoms with Gasteiger partial charge in [0.15, 0.2) is 0 Å². The topological polar surface area (TPSA) is 17.8 Å². The molecular weight excluding hydrogens is 689 g/mol. The molecule has 57 heavy (non-hydrogen) atoms. The molecule has 0 saturated heterocycles. The maximum absolute atomic E-state index is 8.90. The van der Waals surface area contributed by atoms with Gasteiger partial charge in [0.05, 0.1) is 30.4 Å². The lowest BCUT2D eigenvalue weighted by atomic mass is 9.84. The molecule has 11 aromatic rings. The first-order chi connectivity index (χ1) is 32.4. The summed E-state index contributed by atoms with van der Waals surface area (Å²) in [6.45, 7) is 0. The molecule has 0 amide bonds. The van der Waals surface area contributed by atoms with Crippen LogP contribution in [0.5, 0.6) is 0 Å². The van der Waals surface area contributed by atoms with Gasteiger partial charge in [0.1, 0.15) is 5.82 Å². The highest BCUT2D eigenvalue weighted by molar-refractivity contribution is 6.22. The molecule has 0 aliphatic heterocycles. The van der Waals surface area contributed by atoms with Crippen molar-refractivity contribution in [1.82, 2.24) is 9.55 Å². The number of rotatable bonds is 6. The molecule has 0 bridgehead atoms. The van der Waals surface area contributed by atoms with E-state index in [1.807, 2.05) is 72.8 Å². The van der Waals surface area contributed by atoms with Crippen molar-refractivity contribution >= 4 is 43.4 Å². The van der Waals surface area contributed by atoms with Crippen LogP contribution in [0.1, 0.15) is 13.7 Å². The molecule has 0 saturated carbocycles. The second-order valence-electron chi connectivity index (χ2n) is 14.0.